The van der Waals surface area contributed by atoms with Crippen molar-refractivity contribution < 1.29 is 0 Å². The van der Waals surface area contributed by atoms with Gasteiger partial charge in [0.05, 0.1) is 0 Å². The van der Waals surface area contributed by atoms with Gasteiger partial charge in [-0.25, -0.2) is 0 Å². The molecule has 0 heterocycles. The van der Waals surface area contributed by atoms with Crippen LogP contribution >= 0.6 is 8.58 Å². The van der Waals surface area contributed by atoms with Gasteiger partial charge in [0, 0.05) is 6.04 Å². The van der Waals surface area contributed by atoms with Gasteiger partial charge in [0.2, 0.25) is 0 Å². The molecule has 1 nitrogen and oxygen atoms in total. The molecule has 0 aliphatic rings. The Bertz CT molecular complexity index is 58.3. The van der Waals surface area contributed by atoms with E-state index in [9.17, 15) is 0 Å². The summed E-state index contributed by atoms with van der Waals surface area (Å²) in [5, 5.41) is 0. The van der Waals surface area contributed by atoms with Crippen LogP contribution in [0.1, 0.15) is 33.1 Å². The van der Waals surface area contributed by atoms with E-state index in [-0.39, 0.29) is 0 Å². The lowest BCUT2D eigenvalue weighted by Gasteiger charge is -2.08. The third-order valence-corrected chi connectivity index (χ3v) is 2.90. The van der Waals surface area contributed by atoms with Gasteiger partial charge in [0.25, 0.3) is 0 Å². The standard InChI is InChI=1S/C8H20NP/c1-3-5-6-8(9)7-10-4-2/h8,10H,3-7,9H2,1-2H3. The molecule has 0 amide bonds. The van der Waals surface area contributed by atoms with E-state index in [0.29, 0.717) is 6.04 Å². The maximum atomic E-state index is 5.85. The second-order valence-electron chi connectivity index (χ2n) is 2.71. The molecule has 0 rings (SSSR count). The van der Waals surface area contributed by atoms with Gasteiger partial charge in [-0.15, -0.1) is 8.58 Å². The molecule has 2 unspecified atom stereocenters. The van der Waals surface area contributed by atoms with E-state index in [1.54, 1.807) is 0 Å². The second kappa shape index (κ2) is 7.50. The maximum Gasteiger partial charge on any atom is 0.00758 e. The first kappa shape index (κ1) is 10.4. The zero-order valence-electron chi connectivity index (χ0n) is 7.19. The Hall–Kier alpha value is 0.390. The van der Waals surface area contributed by atoms with Gasteiger partial charge in [0.15, 0.2) is 0 Å². The van der Waals surface area contributed by atoms with Gasteiger partial charge < -0.3 is 5.73 Å². The molecule has 10 heavy (non-hydrogen) atoms. The van der Waals surface area contributed by atoms with E-state index in [4.69, 9.17) is 5.73 Å². The Morgan fingerprint density at radius 3 is 2.60 bits per heavy atom. The minimum Gasteiger partial charge on any atom is -0.327 e. The first-order valence-electron chi connectivity index (χ1n) is 4.27. The molecule has 62 valence electrons. The lowest BCUT2D eigenvalue weighted by Crippen LogP contribution is -2.21. The van der Waals surface area contributed by atoms with Crippen molar-refractivity contribution in [1.82, 2.24) is 0 Å². The number of hydrogen-bond donors (Lipinski definition) is 1. The zero-order valence-corrected chi connectivity index (χ0v) is 8.19. The van der Waals surface area contributed by atoms with Crippen LogP contribution in [0.15, 0.2) is 0 Å². The van der Waals surface area contributed by atoms with E-state index in [2.05, 4.69) is 13.8 Å². The highest BCUT2D eigenvalue weighted by molar-refractivity contribution is 7.37. The summed E-state index contributed by atoms with van der Waals surface area (Å²) in [5.41, 5.74) is 5.85. The van der Waals surface area contributed by atoms with Crippen molar-refractivity contribution in [1.29, 1.82) is 0 Å². The SMILES string of the molecule is CCCCC(N)CPCC. The highest BCUT2D eigenvalue weighted by atomic mass is 31.1. The topological polar surface area (TPSA) is 26.0 Å². The second-order valence-corrected chi connectivity index (χ2v) is 4.33. The summed E-state index contributed by atoms with van der Waals surface area (Å²) in [5.74, 6) is 0. The summed E-state index contributed by atoms with van der Waals surface area (Å²) in [7, 11) is 1.08. The predicted octanol–water partition coefficient (Wildman–Crippen LogP) is 2.20. The van der Waals surface area contributed by atoms with Gasteiger partial charge in [-0.2, -0.15) is 0 Å². The first-order chi connectivity index (χ1) is 4.81. The zero-order chi connectivity index (χ0) is 7.82. The molecule has 0 aromatic heterocycles. The van der Waals surface area contributed by atoms with Gasteiger partial charge in [-0.3, -0.25) is 0 Å². The molecule has 0 aromatic rings. The van der Waals surface area contributed by atoms with E-state index in [1.165, 1.54) is 31.6 Å². The van der Waals surface area contributed by atoms with Crippen molar-refractivity contribution in [2.24, 2.45) is 5.73 Å². The molecule has 0 aliphatic heterocycles. The summed E-state index contributed by atoms with van der Waals surface area (Å²) >= 11 is 0. The molecule has 0 aromatic carbocycles. The molecule has 2 atom stereocenters. The molecular formula is C8H20NP. The Balaban J connectivity index is 3.00. The number of hydrogen-bond acceptors (Lipinski definition) is 1. The number of nitrogens with two attached hydrogens (primary N) is 1. The molecule has 0 aliphatic carbocycles. The van der Waals surface area contributed by atoms with Crippen molar-refractivity contribution in [3.05, 3.63) is 0 Å². The van der Waals surface area contributed by atoms with Crippen LogP contribution in [0.5, 0.6) is 0 Å². The largest absolute Gasteiger partial charge is 0.327 e. The van der Waals surface area contributed by atoms with Crippen LogP contribution in [0.3, 0.4) is 0 Å². The fraction of sp³-hybridized carbons (Fsp3) is 1.00. The van der Waals surface area contributed by atoms with Crippen molar-refractivity contribution >= 4 is 8.58 Å². The quantitative estimate of drug-likeness (QED) is 0.594. The van der Waals surface area contributed by atoms with Crippen LogP contribution in [-0.4, -0.2) is 18.4 Å². The highest BCUT2D eigenvalue weighted by Gasteiger charge is 1.98. The molecule has 0 bridgehead atoms. The van der Waals surface area contributed by atoms with E-state index in [1.807, 2.05) is 0 Å². The summed E-state index contributed by atoms with van der Waals surface area (Å²) < 4.78 is 0. The molecule has 2 heteroatoms. The summed E-state index contributed by atoms with van der Waals surface area (Å²) in [6.07, 6.45) is 6.36. The fourth-order valence-corrected chi connectivity index (χ4v) is 1.76. The number of unbranched alkanes of at least 4 members (excludes halogenated alkanes) is 1. The lowest BCUT2D eigenvalue weighted by molar-refractivity contribution is 0.621. The summed E-state index contributed by atoms with van der Waals surface area (Å²) in [6, 6.07) is 0.484. The molecule has 0 saturated carbocycles. The first-order valence-corrected chi connectivity index (χ1v) is 5.69. The smallest absolute Gasteiger partial charge is 0.00758 e. The Morgan fingerprint density at radius 1 is 1.40 bits per heavy atom. The molecule has 0 spiro atoms. The monoisotopic (exact) mass is 161 g/mol. The Labute approximate surface area is 66.5 Å². The molecule has 0 fully saturated rings. The predicted molar refractivity (Wildman–Crippen MR) is 51.2 cm³/mol. The molecular weight excluding hydrogens is 141 g/mol. The van der Waals surface area contributed by atoms with Crippen LogP contribution in [0.4, 0.5) is 0 Å². The molecule has 0 radical (unpaired) electrons. The van der Waals surface area contributed by atoms with Gasteiger partial charge in [-0.1, -0.05) is 26.7 Å². The normalized spacial score (nSPS) is 14.7. The van der Waals surface area contributed by atoms with Crippen LogP contribution in [0, 0.1) is 0 Å². The average molecular weight is 161 g/mol. The molecule has 2 N–H and O–H groups in total. The average Bonchev–Trinajstić information content (AvgIpc) is 1.97. The van der Waals surface area contributed by atoms with Crippen molar-refractivity contribution in [3.8, 4) is 0 Å². The van der Waals surface area contributed by atoms with E-state index < -0.39 is 0 Å². The molecule has 0 saturated heterocycles. The third-order valence-electron chi connectivity index (χ3n) is 1.58. The fourth-order valence-electron chi connectivity index (χ4n) is 0.898. The maximum absolute atomic E-state index is 5.85. The lowest BCUT2D eigenvalue weighted by atomic mass is 10.2. The van der Waals surface area contributed by atoms with Crippen molar-refractivity contribution in [3.63, 3.8) is 0 Å². The Kier molecular flexibility index (Phi) is 7.79. The van der Waals surface area contributed by atoms with Gasteiger partial charge in [-0.05, 0) is 18.7 Å². The minimum atomic E-state index is 0.484. The van der Waals surface area contributed by atoms with Gasteiger partial charge >= 0.3 is 0 Å². The van der Waals surface area contributed by atoms with Crippen molar-refractivity contribution in [2.45, 2.75) is 39.2 Å². The highest BCUT2D eigenvalue weighted by Crippen LogP contribution is 2.11. The van der Waals surface area contributed by atoms with Crippen LogP contribution in [0.25, 0.3) is 0 Å². The number of rotatable bonds is 6. The van der Waals surface area contributed by atoms with E-state index >= 15 is 0 Å². The summed E-state index contributed by atoms with van der Waals surface area (Å²) in [6.45, 7) is 4.44. The summed E-state index contributed by atoms with van der Waals surface area (Å²) in [4.78, 5) is 0. The van der Waals surface area contributed by atoms with Crippen LogP contribution in [0.2, 0.25) is 0 Å². The van der Waals surface area contributed by atoms with Gasteiger partial charge in [0.1, 0.15) is 0 Å². The Morgan fingerprint density at radius 2 is 2.10 bits per heavy atom. The van der Waals surface area contributed by atoms with Crippen molar-refractivity contribution in [2.75, 3.05) is 12.3 Å². The van der Waals surface area contributed by atoms with Crippen LogP contribution < -0.4 is 5.73 Å². The van der Waals surface area contributed by atoms with E-state index in [0.717, 1.165) is 8.58 Å². The third kappa shape index (κ3) is 6.51. The van der Waals surface area contributed by atoms with Crippen LogP contribution in [-0.2, 0) is 0 Å². The minimum absolute atomic E-state index is 0.484.